The zero-order chi connectivity index (χ0) is 25.6. The van der Waals surface area contributed by atoms with Crippen LogP contribution in [-0.4, -0.2) is 23.2 Å². The molecule has 34 heavy (non-hydrogen) atoms. The van der Waals surface area contributed by atoms with Crippen molar-refractivity contribution < 1.29 is 27.5 Å². The van der Waals surface area contributed by atoms with E-state index in [-0.39, 0.29) is 22.6 Å². The third-order valence-electron chi connectivity index (χ3n) is 6.06. The topological polar surface area (TPSA) is 73.1 Å². The van der Waals surface area contributed by atoms with Crippen LogP contribution in [0.3, 0.4) is 0 Å². The van der Waals surface area contributed by atoms with E-state index in [1.807, 2.05) is 20.8 Å². The van der Waals surface area contributed by atoms with Gasteiger partial charge in [-0.15, -0.1) is 0 Å². The third-order valence-corrected chi connectivity index (χ3v) is 6.60. The minimum atomic E-state index is -4.72. The summed E-state index contributed by atoms with van der Waals surface area (Å²) in [5.74, 6) is -3.40. The second-order valence-corrected chi connectivity index (χ2v) is 10.5. The molecule has 1 fully saturated rings. The van der Waals surface area contributed by atoms with Crippen molar-refractivity contribution in [3.05, 3.63) is 69.0 Å². The molecule has 2 N–H and O–H groups in total. The number of halogens is 6. The summed E-state index contributed by atoms with van der Waals surface area (Å²) in [4.78, 5) is 12.3. The summed E-state index contributed by atoms with van der Waals surface area (Å²) in [6.07, 6.45) is -4.45. The summed E-state index contributed by atoms with van der Waals surface area (Å²) in [7, 11) is 0. The second kappa shape index (κ2) is 9.03. The fraction of sp³-hybridized carbons (Fsp3) is 0.417. The molecule has 4 unspecified atom stereocenters. The number of aliphatic carboxylic acids is 1. The van der Waals surface area contributed by atoms with Crippen molar-refractivity contribution in [1.82, 2.24) is 5.32 Å². The van der Waals surface area contributed by atoms with Gasteiger partial charge in [-0.25, -0.2) is 4.39 Å². The smallest absolute Gasteiger partial charge is 0.417 e. The van der Waals surface area contributed by atoms with E-state index in [9.17, 15) is 28.3 Å². The average molecular weight is 517 g/mol. The molecule has 182 valence electrons. The van der Waals surface area contributed by atoms with Crippen LogP contribution in [-0.2, 0) is 16.4 Å². The molecule has 1 heterocycles. The highest BCUT2D eigenvalue weighted by Crippen LogP contribution is 2.52. The highest BCUT2D eigenvalue weighted by Gasteiger charge is 2.60. The van der Waals surface area contributed by atoms with Crippen molar-refractivity contribution in [2.45, 2.75) is 56.8 Å². The van der Waals surface area contributed by atoms with E-state index in [0.717, 1.165) is 24.3 Å². The zero-order valence-corrected chi connectivity index (χ0v) is 20.0. The normalized spacial score (nSPS) is 25.2. The van der Waals surface area contributed by atoms with Gasteiger partial charge in [-0.2, -0.15) is 18.4 Å². The number of nitriles is 1. The zero-order valence-electron chi connectivity index (χ0n) is 18.5. The van der Waals surface area contributed by atoms with Gasteiger partial charge in [0.25, 0.3) is 0 Å². The van der Waals surface area contributed by atoms with Crippen LogP contribution in [0.2, 0.25) is 10.0 Å². The van der Waals surface area contributed by atoms with Crippen LogP contribution in [0.5, 0.6) is 0 Å². The lowest BCUT2D eigenvalue weighted by atomic mass is 9.63. The quantitative estimate of drug-likeness (QED) is 0.451. The van der Waals surface area contributed by atoms with Gasteiger partial charge in [0.05, 0.1) is 16.7 Å². The van der Waals surface area contributed by atoms with Crippen LogP contribution < -0.4 is 5.32 Å². The Bertz CT molecular complexity index is 1160. The summed E-state index contributed by atoms with van der Waals surface area (Å²) in [6, 6.07) is 6.48. The number of nitrogens with zero attached hydrogens (tertiary/aromatic N) is 1. The van der Waals surface area contributed by atoms with E-state index in [1.165, 1.54) is 12.1 Å². The predicted octanol–water partition coefficient (Wildman–Crippen LogP) is 6.56. The lowest BCUT2D eigenvalue weighted by molar-refractivity contribution is -0.140. The Hall–Kier alpha value is -2.34. The molecule has 2 aromatic carbocycles. The number of rotatable bonds is 4. The van der Waals surface area contributed by atoms with Crippen LogP contribution in [0.1, 0.15) is 49.8 Å². The fourth-order valence-electron chi connectivity index (χ4n) is 4.77. The van der Waals surface area contributed by atoms with Crippen LogP contribution in [0, 0.1) is 22.6 Å². The molecule has 2 aromatic rings. The van der Waals surface area contributed by atoms with E-state index in [0.29, 0.717) is 0 Å². The predicted molar refractivity (Wildman–Crippen MR) is 120 cm³/mol. The molecule has 0 saturated carbocycles. The number of hydrogen-bond acceptors (Lipinski definition) is 3. The number of carboxylic acids is 1. The average Bonchev–Trinajstić information content (AvgIpc) is 3.00. The van der Waals surface area contributed by atoms with Crippen LogP contribution in [0.4, 0.5) is 17.6 Å². The first-order valence-electron chi connectivity index (χ1n) is 10.3. The van der Waals surface area contributed by atoms with Gasteiger partial charge in [0, 0.05) is 22.5 Å². The Labute approximate surface area is 204 Å². The summed E-state index contributed by atoms with van der Waals surface area (Å²) in [5.41, 5.74) is -3.30. The number of hydrogen-bond donors (Lipinski definition) is 2. The fourth-order valence-corrected chi connectivity index (χ4v) is 5.22. The molecule has 0 radical (unpaired) electrons. The summed E-state index contributed by atoms with van der Waals surface area (Å²) in [5, 5.41) is 22.9. The minimum absolute atomic E-state index is 0.0743. The molecular formula is C24H22Cl2F4N2O2. The maximum absolute atomic E-state index is 15.3. The Morgan fingerprint density at radius 2 is 1.82 bits per heavy atom. The standard InChI is InChI=1S/C24H22Cl2F4N2O2/c1-22(2,3)10-18-23(11-31,15-7-5-13(25)9-17(15)27)19(20(32-18)21(33)34)12-4-6-14(16(26)8-12)24(28,29)30/h4-9,18-20,32H,10H2,1-3H3,(H,33,34). The molecule has 10 heteroatoms. The largest absolute Gasteiger partial charge is 0.480 e. The molecule has 3 rings (SSSR count). The van der Waals surface area contributed by atoms with Crippen molar-refractivity contribution in [2.75, 3.05) is 0 Å². The molecule has 0 aromatic heterocycles. The Morgan fingerprint density at radius 1 is 1.18 bits per heavy atom. The lowest BCUT2D eigenvalue weighted by Gasteiger charge is -2.37. The van der Waals surface area contributed by atoms with Gasteiger partial charge >= 0.3 is 12.1 Å². The molecule has 1 aliphatic rings. The van der Waals surface area contributed by atoms with Crippen LogP contribution >= 0.6 is 23.2 Å². The van der Waals surface area contributed by atoms with Crippen molar-refractivity contribution in [1.29, 1.82) is 5.26 Å². The molecule has 1 aliphatic heterocycles. The van der Waals surface area contributed by atoms with E-state index >= 15 is 4.39 Å². The molecule has 4 atom stereocenters. The van der Waals surface area contributed by atoms with E-state index < -0.39 is 57.4 Å². The lowest BCUT2D eigenvalue weighted by Crippen LogP contribution is -2.44. The first-order chi connectivity index (χ1) is 15.6. The first-order valence-corrected chi connectivity index (χ1v) is 11.1. The molecule has 0 bridgehead atoms. The second-order valence-electron chi connectivity index (χ2n) is 9.62. The number of carbonyl (C=O) groups is 1. The van der Waals surface area contributed by atoms with E-state index in [1.54, 1.807) is 0 Å². The Balaban J connectivity index is 2.34. The monoisotopic (exact) mass is 516 g/mol. The molecular weight excluding hydrogens is 495 g/mol. The van der Waals surface area contributed by atoms with E-state index in [2.05, 4.69) is 11.4 Å². The first kappa shape index (κ1) is 26.3. The minimum Gasteiger partial charge on any atom is -0.480 e. The Kier molecular flexibility index (Phi) is 6.97. The van der Waals surface area contributed by atoms with Crippen molar-refractivity contribution in [2.24, 2.45) is 5.41 Å². The van der Waals surface area contributed by atoms with Crippen molar-refractivity contribution in [3.63, 3.8) is 0 Å². The van der Waals surface area contributed by atoms with Gasteiger partial charge in [-0.3, -0.25) is 10.1 Å². The molecule has 0 amide bonds. The highest BCUT2D eigenvalue weighted by molar-refractivity contribution is 6.31. The highest BCUT2D eigenvalue weighted by atomic mass is 35.5. The van der Waals surface area contributed by atoms with Crippen molar-refractivity contribution in [3.8, 4) is 6.07 Å². The number of alkyl halides is 3. The molecule has 0 spiro atoms. The molecule has 4 nitrogen and oxygen atoms in total. The molecule has 0 aliphatic carbocycles. The van der Waals surface area contributed by atoms with Gasteiger partial charge < -0.3 is 5.11 Å². The summed E-state index contributed by atoms with van der Waals surface area (Å²) < 4.78 is 55.1. The van der Waals surface area contributed by atoms with Gasteiger partial charge in [-0.05, 0) is 41.7 Å². The summed E-state index contributed by atoms with van der Waals surface area (Å²) in [6.45, 7) is 5.65. The van der Waals surface area contributed by atoms with Gasteiger partial charge in [0.15, 0.2) is 0 Å². The number of nitrogens with one attached hydrogen (secondary N) is 1. The van der Waals surface area contributed by atoms with Gasteiger partial charge in [-0.1, -0.05) is 56.1 Å². The van der Waals surface area contributed by atoms with Crippen LogP contribution in [0.15, 0.2) is 36.4 Å². The number of carboxylic acid groups (broad SMARTS) is 1. The maximum Gasteiger partial charge on any atom is 0.417 e. The molecule has 1 saturated heterocycles. The SMILES string of the molecule is CC(C)(C)CC1NC(C(=O)O)C(c2ccc(C(F)(F)F)c(Cl)c2)C1(C#N)c1ccc(Cl)cc1F. The van der Waals surface area contributed by atoms with Gasteiger partial charge in [0.2, 0.25) is 0 Å². The summed E-state index contributed by atoms with van der Waals surface area (Å²) >= 11 is 11.8. The maximum atomic E-state index is 15.3. The van der Waals surface area contributed by atoms with E-state index in [4.69, 9.17) is 23.2 Å². The van der Waals surface area contributed by atoms with Gasteiger partial charge in [0.1, 0.15) is 17.3 Å². The van der Waals surface area contributed by atoms with Crippen LogP contribution in [0.25, 0.3) is 0 Å². The Morgan fingerprint density at radius 3 is 2.29 bits per heavy atom. The third kappa shape index (κ3) is 4.74. The van der Waals surface area contributed by atoms with Crippen molar-refractivity contribution >= 4 is 29.2 Å². The number of benzene rings is 2.